The number of benzene rings is 2. The Morgan fingerprint density at radius 2 is 1.90 bits per heavy atom. The zero-order chi connectivity index (χ0) is 14.5. The number of carboxylic acids is 1. The highest BCUT2D eigenvalue weighted by atomic mass is 16.5. The van der Waals surface area contributed by atoms with E-state index in [1.165, 1.54) is 0 Å². The molecule has 2 aromatic carbocycles. The minimum absolute atomic E-state index is 0.0938. The van der Waals surface area contributed by atoms with Gasteiger partial charge in [-0.15, -0.1) is 0 Å². The molecule has 2 N–H and O–H groups in total. The second-order valence-electron chi connectivity index (χ2n) is 5.03. The third kappa shape index (κ3) is 3.71. The molecule has 0 saturated carbocycles. The van der Waals surface area contributed by atoms with Gasteiger partial charge in [-0.1, -0.05) is 44.2 Å². The van der Waals surface area contributed by atoms with Crippen LogP contribution in [0.5, 0.6) is 5.75 Å². The summed E-state index contributed by atoms with van der Waals surface area (Å²) in [5, 5.41) is 14.3. The number of fused-ring (bicyclic) bond motifs is 1. The molecule has 0 aliphatic heterocycles. The van der Waals surface area contributed by atoms with Crippen molar-refractivity contribution in [3.63, 3.8) is 0 Å². The van der Waals surface area contributed by atoms with Crippen molar-refractivity contribution >= 4 is 16.7 Å². The summed E-state index contributed by atoms with van der Waals surface area (Å²) in [5.41, 5.74) is 0. The molecule has 106 valence electrons. The van der Waals surface area contributed by atoms with Gasteiger partial charge in [-0.3, -0.25) is 10.1 Å². The molecule has 0 aliphatic carbocycles. The van der Waals surface area contributed by atoms with Crippen molar-refractivity contribution in [3.05, 3.63) is 42.5 Å². The fourth-order valence-electron chi connectivity index (χ4n) is 2.03. The van der Waals surface area contributed by atoms with Gasteiger partial charge in [-0.25, -0.2) is 0 Å². The summed E-state index contributed by atoms with van der Waals surface area (Å²) in [7, 11) is 0. The van der Waals surface area contributed by atoms with E-state index in [1.807, 2.05) is 56.3 Å². The van der Waals surface area contributed by atoms with Crippen LogP contribution in [-0.4, -0.2) is 29.8 Å². The van der Waals surface area contributed by atoms with Gasteiger partial charge in [0.2, 0.25) is 0 Å². The fourth-order valence-corrected chi connectivity index (χ4v) is 2.03. The molecule has 1 atom stereocenters. The van der Waals surface area contributed by atoms with E-state index in [0.717, 1.165) is 10.8 Å². The number of ether oxygens (including phenoxy) is 1. The molecule has 0 radical (unpaired) electrons. The van der Waals surface area contributed by atoms with Crippen LogP contribution < -0.4 is 10.1 Å². The average Bonchev–Trinajstić information content (AvgIpc) is 2.42. The van der Waals surface area contributed by atoms with Gasteiger partial charge in [-0.05, 0) is 22.9 Å². The fraction of sp³-hybridized carbons (Fsp3) is 0.312. The topological polar surface area (TPSA) is 58.6 Å². The maximum absolute atomic E-state index is 11.1. The quantitative estimate of drug-likeness (QED) is 0.849. The molecule has 0 amide bonds. The van der Waals surface area contributed by atoms with Gasteiger partial charge in [-0.2, -0.15) is 0 Å². The number of rotatable bonds is 6. The van der Waals surface area contributed by atoms with E-state index in [9.17, 15) is 4.79 Å². The summed E-state index contributed by atoms with van der Waals surface area (Å²) in [5.74, 6) is -0.222. The lowest BCUT2D eigenvalue weighted by Crippen LogP contribution is -2.44. The van der Waals surface area contributed by atoms with Crippen LogP contribution >= 0.6 is 0 Å². The van der Waals surface area contributed by atoms with Crippen LogP contribution in [0.3, 0.4) is 0 Å². The number of carboxylic acid groups (broad SMARTS) is 1. The number of hydrogen-bond acceptors (Lipinski definition) is 3. The van der Waals surface area contributed by atoms with E-state index >= 15 is 0 Å². The first kappa shape index (κ1) is 14.3. The van der Waals surface area contributed by atoms with Crippen LogP contribution in [0.2, 0.25) is 0 Å². The average molecular weight is 273 g/mol. The van der Waals surface area contributed by atoms with E-state index in [2.05, 4.69) is 5.32 Å². The molecule has 1 unspecified atom stereocenters. The molecule has 4 heteroatoms. The predicted molar refractivity (Wildman–Crippen MR) is 79.1 cm³/mol. The predicted octanol–water partition coefficient (Wildman–Crippen LogP) is 2.67. The van der Waals surface area contributed by atoms with E-state index in [0.29, 0.717) is 5.75 Å². The first-order valence-corrected chi connectivity index (χ1v) is 6.66. The zero-order valence-electron chi connectivity index (χ0n) is 11.7. The van der Waals surface area contributed by atoms with Crippen LogP contribution in [0.1, 0.15) is 13.8 Å². The summed E-state index contributed by atoms with van der Waals surface area (Å²) >= 11 is 0. The van der Waals surface area contributed by atoms with E-state index in [4.69, 9.17) is 9.84 Å². The Bertz CT molecular complexity index is 595. The van der Waals surface area contributed by atoms with Crippen LogP contribution in [0, 0.1) is 0 Å². The Morgan fingerprint density at radius 1 is 1.20 bits per heavy atom. The van der Waals surface area contributed by atoms with Gasteiger partial charge < -0.3 is 9.84 Å². The molecular formula is C16H19NO3. The maximum atomic E-state index is 11.1. The van der Waals surface area contributed by atoms with Crippen molar-refractivity contribution in [2.24, 2.45) is 0 Å². The van der Waals surface area contributed by atoms with Gasteiger partial charge in [0.1, 0.15) is 18.4 Å². The van der Waals surface area contributed by atoms with Crippen LogP contribution in [0.15, 0.2) is 42.5 Å². The highest BCUT2D eigenvalue weighted by molar-refractivity contribution is 5.83. The lowest BCUT2D eigenvalue weighted by molar-refractivity contribution is -0.140. The van der Waals surface area contributed by atoms with Crippen molar-refractivity contribution in [1.29, 1.82) is 0 Å². The first-order chi connectivity index (χ1) is 9.56. The van der Waals surface area contributed by atoms with Crippen molar-refractivity contribution < 1.29 is 14.6 Å². The zero-order valence-corrected chi connectivity index (χ0v) is 11.7. The Hall–Kier alpha value is -2.07. The van der Waals surface area contributed by atoms with Crippen molar-refractivity contribution in [2.45, 2.75) is 25.9 Å². The summed E-state index contributed by atoms with van der Waals surface area (Å²) in [6.07, 6.45) is 0. The minimum Gasteiger partial charge on any atom is -0.491 e. The minimum atomic E-state index is -0.903. The van der Waals surface area contributed by atoms with Gasteiger partial charge >= 0.3 is 5.97 Å². The molecule has 0 bridgehead atoms. The number of nitrogens with one attached hydrogen (secondary N) is 1. The largest absolute Gasteiger partial charge is 0.491 e. The molecule has 0 aliphatic rings. The SMILES string of the molecule is CC(C)NC(COc1ccc2ccccc2c1)C(=O)O. The highest BCUT2D eigenvalue weighted by Crippen LogP contribution is 2.20. The standard InChI is InChI=1S/C16H19NO3/c1-11(2)17-15(16(18)19)10-20-14-8-7-12-5-3-4-6-13(12)9-14/h3-9,11,15,17H,10H2,1-2H3,(H,18,19). The van der Waals surface area contributed by atoms with Crippen LogP contribution in [-0.2, 0) is 4.79 Å². The molecular weight excluding hydrogens is 254 g/mol. The smallest absolute Gasteiger partial charge is 0.324 e. The van der Waals surface area contributed by atoms with E-state index in [-0.39, 0.29) is 12.6 Å². The Kier molecular flexibility index (Phi) is 4.58. The number of hydrogen-bond donors (Lipinski definition) is 2. The molecule has 0 fully saturated rings. The normalized spacial score (nSPS) is 12.6. The molecule has 0 aromatic heterocycles. The summed E-state index contributed by atoms with van der Waals surface area (Å²) in [6.45, 7) is 3.92. The summed E-state index contributed by atoms with van der Waals surface area (Å²) in [6, 6.07) is 13.1. The summed E-state index contributed by atoms with van der Waals surface area (Å²) < 4.78 is 5.60. The van der Waals surface area contributed by atoms with Crippen LogP contribution in [0.4, 0.5) is 0 Å². The van der Waals surface area contributed by atoms with Crippen molar-refractivity contribution in [3.8, 4) is 5.75 Å². The lowest BCUT2D eigenvalue weighted by atomic mass is 10.1. The second kappa shape index (κ2) is 6.39. The molecule has 0 spiro atoms. The number of aliphatic carboxylic acids is 1. The van der Waals surface area contributed by atoms with Gasteiger partial charge in [0.15, 0.2) is 0 Å². The van der Waals surface area contributed by atoms with Crippen LogP contribution in [0.25, 0.3) is 10.8 Å². The van der Waals surface area contributed by atoms with Crippen molar-refractivity contribution in [2.75, 3.05) is 6.61 Å². The molecule has 0 saturated heterocycles. The van der Waals surface area contributed by atoms with Gasteiger partial charge in [0, 0.05) is 6.04 Å². The monoisotopic (exact) mass is 273 g/mol. The van der Waals surface area contributed by atoms with Gasteiger partial charge in [0.25, 0.3) is 0 Å². The molecule has 2 aromatic rings. The van der Waals surface area contributed by atoms with E-state index < -0.39 is 12.0 Å². The molecule has 0 heterocycles. The van der Waals surface area contributed by atoms with Crippen molar-refractivity contribution in [1.82, 2.24) is 5.32 Å². The first-order valence-electron chi connectivity index (χ1n) is 6.66. The Balaban J connectivity index is 2.05. The molecule has 20 heavy (non-hydrogen) atoms. The van der Waals surface area contributed by atoms with E-state index in [1.54, 1.807) is 0 Å². The summed E-state index contributed by atoms with van der Waals surface area (Å²) in [4.78, 5) is 11.1. The molecule has 4 nitrogen and oxygen atoms in total. The highest BCUT2D eigenvalue weighted by Gasteiger charge is 2.18. The maximum Gasteiger partial charge on any atom is 0.324 e. The molecule has 2 rings (SSSR count). The third-order valence-electron chi connectivity index (χ3n) is 2.97. The second-order valence-corrected chi connectivity index (χ2v) is 5.03. The van der Waals surface area contributed by atoms with Gasteiger partial charge in [0.05, 0.1) is 0 Å². The Morgan fingerprint density at radius 3 is 2.55 bits per heavy atom. The third-order valence-corrected chi connectivity index (χ3v) is 2.97. The number of carbonyl (C=O) groups is 1. The lowest BCUT2D eigenvalue weighted by Gasteiger charge is -2.18. The Labute approximate surface area is 118 Å².